The van der Waals surface area contributed by atoms with Gasteiger partial charge in [-0.15, -0.1) is 0 Å². The van der Waals surface area contributed by atoms with E-state index in [1.165, 1.54) is 6.92 Å². The van der Waals surface area contributed by atoms with Gasteiger partial charge >= 0.3 is 5.69 Å². The molecule has 0 fully saturated rings. The zero-order chi connectivity index (χ0) is 23.5. The van der Waals surface area contributed by atoms with Crippen molar-refractivity contribution in [1.29, 1.82) is 0 Å². The van der Waals surface area contributed by atoms with Crippen LogP contribution >= 0.6 is 0 Å². The van der Waals surface area contributed by atoms with Gasteiger partial charge in [-0.25, -0.2) is 0 Å². The number of para-hydroxylation sites is 2. The van der Waals surface area contributed by atoms with Crippen molar-refractivity contribution in [3.8, 4) is 11.5 Å². The Morgan fingerprint density at radius 1 is 1.15 bits per heavy atom. The predicted molar refractivity (Wildman–Crippen MR) is 122 cm³/mol. The van der Waals surface area contributed by atoms with Gasteiger partial charge in [0, 0.05) is 35.1 Å². The molecule has 0 spiro atoms. The van der Waals surface area contributed by atoms with Gasteiger partial charge in [-0.05, 0) is 24.6 Å². The zero-order valence-electron chi connectivity index (χ0n) is 18.3. The summed E-state index contributed by atoms with van der Waals surface area (Å²) in [5.41, 5.74) is 2.31. The molecule has 0 bridgehead atoms. The Hall–Kier alpha value is -4.34. The Labute approximate surface area is 189 Å². The minimum Gasteiger partial charge on any atom is -0.493 e. The average molecular weight is 449 g/mol. The molecule has 0 aliphatic rings. The van der Waals surface area contributed by atoms with Crippen molar-refractivity contribution >= 4 is 22.5 Å². The minimum absolute atomic E-state index is 0.146. The number of carbonyl (C=O) groups is 1. The molecule has 1 amide bonds. The van der Waals surface area contributed by atoms with Crippen molar-refractivity contribution in [2.75, 3.05) is 20.8 Å². The number of benzene rings is 2. The molecular weight excluding hydrogens is 426 g/mol. The first-order chi connectivity index (χ1) is 16.0. The minimum atomic E-state index is -0.641. The molecule has 2 heterocycles. The first-order valence-electron chi connectivity index (χ1n) is 10.2. The normalized spacial score (nSPS) is 11.8. The van der Waals surface area contributed by atoms with E-state index in [0.717, 1.165) is 22.0 Å². The second-order valence-corrected chi connectivity index (χ2v) is 7.44. The molecule has 4 aromatic rings. The molecule has 0 aliphatic carbocycles. The lowest BCUT2D eigenvalue weighted by molar-refractivity contribution is -0.385. The molecule has 170 valence electrons. The van der Waals surface area contributed by atoms with Gasteiger partial charge in [-0.1, -0.05) is 30.3 Å². The van der Waals surface area contributed by atoms with Gasteiger partial charge in [0.15, 0.2) is 11.5 Å². The molecule has 1 unspecified atom stereocenters. The number of aromatic nitrogens is 3. The fourth-order valence-electron chi connectivity index (χ4n) is 4.04. The quantitative estimate of drug-likeness (QED) is 0.277. The van der Waals surface area contributed by atoms with E-state index in [9.17, 15) is 14.9 Å². The second-order valence-electron chi connectivity index (χ2n) is 7.44. The van der Waals surface area contributed by atoms with Crippen LogP contribution in [0.2, 0.25) is 0 Å². The average Bonchev–Trinajstić information content (AvgIpc) is 3.42. The SMILES string of the molecule is COc1cccc(C(CNC(=O)c2n[nH]c(C)c2[N+](=O)[O-])c2c[nH]c3ccccc23)c1OC. The highest BCUT2D eigenvalue weighted by Crippen LogP contribution is 2.40. The Kier molecular flexibility index (Phi) is 5.99. The zero-order valence-corrected chi connectivity index (χ0v) is 18.3. The predicted octanol–water partition coefficient (Wildman–Crippen LogP) is 3.69. The fourth-order valence-corrected chi connectivity index (χ4v) is 4.04. The number of methoxy groups -OCH3 is 2. The van der Waals surface area contributed by atoms with Crippen LogP contribution in [0.3, 0.4) is 0 Å². The molecule has 0 saturated heterocycles. The van der Waals surface area contributed by atoms with Gasteiger partial charge in [0.1, 0.15) is 5.69 Å². The van der Waals surface area contributed by atoms with Crippen LogP contribution in [-0.4, -0.2) is 46.8 Å². The molecule has 0 saturated carbocycles. The third-order valence-electron chi connectivity index (χ3n) is 5.58. The van der Waals surface area contributed by atoms with E-state index in [-0.39, 0.29) is 29.5 Å². The number of hydrogen-bond donors (Lipinski definition) is 3. The van der Waals surface area contributed by atoms with E-state index in [4.69, 9.17) is 9.47 Å². The summed E-state index contributed by atoms with van der Waals surface area (Å²) in [7, 11) is 3.12. The fraction of sp³-hybridized carbons (Fsp3) is 0.217. The van der Waals surface area contributed by atoms with E-state index in [2.05, 4.69) is 20.5 Å². The molecule has 2 aromatic carbocycles. The summed E-state index contributed by atoms with van der Waals surface area (Å²) < 4.78 is 11.1. The van der Waals surface area contributed by atoms with E-state index in [1.807, 2.05) is 42.6 Å². The Bertz CT molecular complexity index is 1330. The van der Waals surface area contributed by atoms with Crippen LogP contribution in [0.15, 0.2) is 48.7 Å². The third kappa shape index (κ3) is 3.98. The van der Waals surface area contributed by atoms with Crippen LogP contribution in [0.4, 0.5) is 5.69 Å². The smallest absolute Gasteiger partial charge is 0.322 e. The van der Waals surface area contributed by atoms with Crippen LogP contribution in [-0.2, 0) is 0 Å². The van der Waals surface area contributed by atoms with Gasteiger partial charge in [-0.2, -0.15) is 5.10 Å². The number of nitro groups is 1. The standard InChI is InChI=1S/C23H23N5O5/c1-13-21(28(30)31)20(27-26-13)23(29)25-12-17(15-8-6-10-19(32-2)22(15)33-3)16-11-24-18-9-5-4-7-14(16)18/h4-11,17,24H,12H2,1-3H3,(H,25,29)(H,26,27). The van der Waals surface area contributed by atoms with Crippen molar-refractivity contribution in [3.05, 3.63) is 81.3 Å². The number of aryl methyl sites for hydroxylation is 1. The maximum absolute atomic E-state index is 12.9. The van der Waals surface area contributed by atoms with Gasteiger partial charge in [0.2, 0.25) is 5.69 Å². The van der Waals surface area contributed by atoms with Crippen LogP contribution in [0.5, 0.6) is 11.5 Å². The van der Waals surface area contributed by atoms with Gasteiger partial charge < -0.3 is 19.8 Å². The molecule has 10 heteroatoms. The highest BCUT2D eigenvalue weighted by atomic mass is 16.6. The Morgan fingerprint density at radius 3 is 2.67 bits per heavy atom. The summed E-state index contributed by atoms with van der Waals surface area (Å²) in [5.74, 6) is 0.128. The van der Waals surface area contributed by atoms with E-state index < -0.39 is 10.8 Å². The second kappa shape index (κ2) is 9.03. The molecule has 4 rings (SSSR count). The summed E-state index contributed by atoms with van der Waals surface area (Å²) in [5, 5.41) is 21.5. The first kappa shape index (κ1) is 21.9. The van der Waals surface area contributed by atoms with Crippen molar-refractivity contribution in [1.82, 2.24) is 20.5 Å². The topological polar surface area (TPSA) is 135 Å². The van der Waals surface area contributed by atoms with Crippen molar-refractivity contribution < 1.29 is 19.2 Å². The van der Waals surface area contributed by atoms with Gasteiger partial charge in [-0.3, -0.25) is 20.0 Å². The maximum Gasteiger partial charge on any atom is 0.322 e. The number of nitrogens with zero attached hydrogens (tertiary/aromatic N) is 2. The van der Waals surface area contributed by atoms with Gasteiger partial charge in [0.25, 0.3) is 5.91 Å². The van der Waals surface area contributed by atoms with Crippen LogP contribution in [0.1, 0.15) is 33.2 Å². The summed E-state index contributed by atoms with van der Waals surface area (Å²) >= 11 is 0. The number of rotatable bonds is 8. The number of amides is 1. The molecule has 3 N–H and O–H groups in total. The molecule has 2 aromatic heterocycles. The number of ether oxygens (including phenoxy) is 2. The summed E-state index contributed by atoms with van der Waals surface area (Å²) in [6.07, 6.45) is 1.89. The number of H-pyrrole nitrogens is 2. The van der Waals surface area contributed by atoms with Crippen molar-refractivity contribution in [3.63, 3.8) is 0 Å². The molecule has 0 aliphatic heterocycles. The lowest BCUT2D eigenvalue weighted by Gasteiger charge is -2.21. The first-order valence-corrected chi connectivity index (χ1v) is 10.2. The van der Waals surface area contributed by atoms with E-state index >= 15 is 0 Å². The Morgan fingerprint density at radius 2 is 1.94 bits per heavy atom. The number of aromatic amines is 2. The van der Waals surface area contributed by atoms with Crippen LogP contribution in [0, 0.1) is 17.0 Å². The van der Waals surface area contributed by atoms with E-state index in [1.54, 1.807) is 20.3 Å². The van der Waals surface area contributed by atoms with Crippen molar-refractivity contribution in [2.24, 2.45) is 0 Å². The highest BCUT2D eigenvalue weighted by Gasteiger charge is 2.29. The molecule has 1 atom stereocenters. The monoisotopic (exact) mass is 449 g/mol. The largest absolute Gasteiger partial charge is 0.493 e. The van der Waals surface area contributed by atoms with Crippen LogP contribution in [0.25, 0.3) is 10.9 Å². The molecular formula is C23H23N5O5. The lowest BCUT2D eigenvalue weighted by Crippen LogP contribution is -2.30. The van der Waals surface area contributed by atoms with Crippen molar-refractivity contribution in [2.45, 2.75) is 12.8 Å². The summed E-state index contributed by atoms with van der Waals surface area (Å²) in [6.45, 7) is 1.64. The maximum atomic E-state index is 12.9. The molecule has 10 nitrogen and oxygen atoms in total. The highest BCUT2D eigenvalue weighted by molar-refractivity contribution is 5.96. The van der Waals surface area contributed by atoms with Crippen LogP contribution < -0.4 is 14.8 Å². The molecule has 0 radical (unpaired) electrons. The number of hydrogen-bond acceptors (Lipinski definition) is 6. The molecule has 33 heavy (non-hydrogen) atoms. The number of fused-ring (bicyclic) bond motifs is 1. The lowest BCUT2D eigenvalue weighted by atomic mass is 9.89. The Balaban J connectivity index is 1.75. The third-order valence-corrected chi connectivity index (χ3v) is 5.58. The number of carbonyl (C=O) groups excluding carboxylic acids is 1. The number of nitrogens with one attached hydrogen (secondary N) is 3. The van der Waals surface area contributed by atoms with E-state index in [0.29, 0.717) is 11.5 Å². The van der Waals surface area contributed by atoms with Gasteiger partial charge in [0.05, 0.1) is 19.1 Å². The summed E-state index contributed by atoms with van der Waals surface area (Å²) in [4.78, 5) is 26.9. The summed E-state index contributed by atoms with van der Waals surface area (Å²) in [6, 6.07) is 13.4.